The first-order valence-corrected chi connectivity index (χ1v) is 9.17. The lowest BCUT2D eigenvalue weighted by Gasteiger charge is -2.18. The minimum Gasteiger partial charge on any atom is -0.369 e. The van der Waals surface area contributed by atoms with Crippen LogP contribution in [0.15, 0.2) is 42.6 Å². The Labute approximate surface area is 165 Å². The van der Waals surface area contributed by atoms with Gasteiger partial charge in [-0.25, -0.2) is 9.67 Å². The van der Waals surface area contributed by atoms with E-state index in [2.05, 4.69) is 21.9 Å². The number of aromatic nitrogens is 3. The molecule has 1 saturated carbocycles. The van der Waals surface area contributed by atoms with Crippen LogP contribution in [0.5, 0.6) is 0 Å². The Kier molecular flexibility index (Phi) is 3.54. The molecule has 3 heterocycles. The van der Waals surface area contributed by atoms with Crippen molar-refractivity contribution in [3.63, 3.8) is 0 Å². The number of carbonyl (C=O) groups excluding carboxylic acids is 2. The Morgan fingerprint density at radius 1 is 1.34 bits per heavy atom. The first-order chi connectivity index (χ1) is 13.9. The molecule has 3 aromatic rings. The molecule has 2 aliphatic rings. The maximum Gasteiger partial charge on any atom is 0.269 e. The van der Waals surface area contributed by atoms with Crippen LogP contribution in [0.2, 0.25) is 0 Å². The summed E-state index contributed by atoms with van der Waals surface area (Å²) in [5.41, 5.74) is 5.70. The molecule has 1 aliphatic heterocycles. The van der Waals surface area contributed by atoms with Crippen molar-refractivity contribution < 1.29 is 14.7 Å². The maximum absolute atomic E-state index is 12.3. The van der Waals surface area contributed by atoms with E-state index in [1.807, 2.05) is 0 Å². The number of likely N-dealkylation sites (N-methyl/N-ethyl adjacent to an activating group) is 1. The van der Waals surface area contributed by atoms with Gasteiger partial charge in [-0.3, -0.25) is 9.59 Å². The minimum absolute atomic E-state index is 0.0851. The number of primary amides is 1. The number of nitrogens with two attached hydrogens (primary N) is 1. The van der Waals surface area contributed by atoms with E-state index in [1.165, 1.54) is 4.68 Å². The van der Waals surface area contributed by atoms with Gasteiger partial charge in [0.2, 0.25) is 5.60 Å². The second-order valence-electron chi connectivity index (χ2n) is 7.39. The zero-order valence-corrected chi connectivity index (χ0v) is 15.5. The Morgan fingerprint density at radius 2 is 2.17 bits per heavy atom. The summed E-state index contributed by atoms with van der Waals surface area (Å²) in [5, 5.41) is 15.6. The van der Waals surface area contributed by atoms with E-state index in [0.717, 1.165) is 6.42 Å². The van der Waals surface area contributed by atoms with E-state index < -0.39 is 11.5 Å². The third-order valence-corrected chi connectivity index (χ3v) is 5.60. The van der Waals surface area contributed by atoms with Crippen LogP contribution in [0.25, 0.3) is 16.7 Å². The molecule has 0 bridgehead atoms. The topological polar surface area (TPSA) is 114 Å². The van der Waals surface area contributed by atoms with Gasteiger partial charge in [0, 0.05) is 30.8 Å². The van der Waals surface area contributed by atoms with Crippen LogP contribution in [0.4, 0.5) is 0 Å². The molecule has 3 atom stereocenters. The van der Waals surface area contributed by atoms with Gasteiger partial charge in [-0.15, -0.1) is 0 Å². The molecule has 5 rings (SSSR count). The van der Waals surface area contributed by atoms with Crippen molar-refractivity contribution in [2.75, 3.05) is 7.05 Å². The number of pyridine rings is 1. The molecule has 0 spiro atoms. The number of likely N-dealkylation sites (tertiary alicyclic amines) is 1. The highest BCUT2D eigenvalue weighted by Gasteiger charge is 2.66. The number of piperidine rings is 1. The average molecular weight is 387 g/mol. The van der Waals surface area contributed by atoms with Gasteiger partial charge in [0.1, 0.15) is 0 Å². The first kappa shape index (κ1) is 17.4. The molecular weight excluding hydrogens is 370 g/mol. The summed E-state index contributed by atoms with van der Waals surface area (Å²) in [6.45, 7) is 0. The summed E-state index contributed by atoms with van der Waals surface area (Å²) >= 11 is 0. The van der Waals surface area contributed by atoms with Gasteiger partial charge in [-0.1, -0.05) is 17.9 Å². The van der Waals surface area contributed by atoms with Gasteiger partial charge in [0.25, 0.3) is 11.8 Å². The number of rotatable bonds is 2. The normalized spacial score (nSPS) is 24.9. The Morgan fingerprint density at radius 3 is 2.90 bits per heavy atom. The fraction of sp³-hybridized carbons (Fsp3) is 0.238. The molecule has 1 saturated heterocycles. The molecule has 0 radical (unpaired) electrons. The van der Waals surface area contributed by atoms with Crippen LogP contribution in [0.1, 0.15) is 22.5 Å². The van der Waals surface area contributed by atoms with Crippen LogP contribution in [0, 0.1) is 17.8 Å². The fourth-order valence-electron chi connectivity index (χ4n) is 3.98. The largest absolute Gasteiger partial charge is 0.369 e. The van der Waals surface area contributed by atoms with Gasteiger partial charge in [-0.05, 0) is 36.8 Å². The molecule has 8 nitrogen and oxygen atoms in total. The van der Waals surface area contributed by atoms with Crippen molar-refractivity contribution in [1.82, 2.24) is 19.7 Å². The molecule has 2 amide bonds. The lowest BCUT2D eigenvalue weighted by molar-refractivity contribution is -0.140. The Hall–Kier alpha value is -3.70. The minimum atomic E-state index is -1.63. The van der Waals surface area contributed by atoms with Crippen molar-refractivity contribution >= 4 is 22.8 Å². The molecule has 2 fully saturated rings. The van der Waals surface area contributed by atoms with Crippen LogP contribution in [0.3, 0.4) is 0 Å². The monoisotopic (exact) mass is 387 g/mol. The number of fused-ring (bicyclic) bond motifs is 2. The van der Waals surface area contributed by atoms with Crippen LogP contribution in [-0.2, 0) is 4.79 Å². The second kappa shape index (κ2) is 5.90. The molecule has 2 aromatic heterocycles. The lowest BCUT2D eigenvalue weighted by Crippen LogP contribution is -2.41. The van der Waals surface area contributed by atoms with E-state index in [0.29, 0.717) is 22.3 Å². The summed E-state index contributed by atoms with van der Waals surface area (Å²) < 4.78 is 1.53. The van der Waals surface area contributed by atoms with Gasteiger partial charge in [0.15, 0.2) is 11.3 Å². The van der Waals surface area contributed by atoms with Gasteiger partial charge < -0.3 is 15.7 Å². The fourth-order valence-corrected chi connectivity index (χ4v) is 3.98. The standard InChI is InChI=1S/C21H17N5O3/c1-25-16-11-15(16)21(29,20(25)28)8-7-12-4-2-5-13(10-12)26-19-14(6-3-9-23-19)17(24-26)18(22)27/h2-6,9-10,15-16,29H,11H2,1H3,(H2,22,27)/t15-,16+,21+/m0/s1. The third kappa shape index (κ3) is 2.52. The Bertz CT molecular complexity index is 1250. The van der Waals surface area contributed by atoms with Crippen molar-refractivity contribution in [3.05, 3.63) is 53.9 Å². The summed E-state index contributed by atoms with van der Waals surface area (Å²) in [5.74, 6) is 4.58. The van der Waals surface area contributed by atoms with Gasteiger partial charge in [0.05, 0.1) is 11.1 Å². The molecular formula is C21H17N5O3. The first-order valence-electron chi connectivity index (χ1n) is 9.17. The second-order valence-corrected chi connectivity index (χ2v) is 7.39. The molecule has 8 heteroatoms. The van der Waals surface area contributed by atoms with E-state index in [9.17, 15) is 14.7 Å². The van der Waals surface area contributed by atoms with Crippen molar-refractivity contribution in [2.24, 2.45) is 11.7 Å². The summed E-state index contributed by atoms with van der Waals surface area (Å²) in [6.07, 6.45) is 2.38. The quantitative estimate of drug-likeness (QED) is 0.620. The number of aliphatic hydroxyl groups is 1. The Balaban J connectivity index is 1.55. The highest BCUT2D eigenvalue weighted by atomic mass is 16.3. The summed E-state index contributed by atoms with van der Waals surface area (Å²) in [7, 11) is 1.69. The number of carbonyl (C=O) groups is 2. The van der Waals surface area contributed by atoms with E-state index in [4.69, 9.17) is 5.73 Å². The number of hydrogen-bond acceptors (Lipinski definition) is 5. The van der Waals surface area contributed by atoms with Gasteiger partial charge in [-0.2, -0.15) is 5.10 Å². The molecule has 1 aromatic carbocycles. The van der Waals surface area contributed by atoms with E-state index >= 15 is 0 Å². The molecule has 0 unspecified atom stereocenters. The number of benzene rings is 1. The van der Waals surface area contributed by atoms with Crippen LogP contribution >= 0.6 is 0 Å². The zero-order chi connectivity index (χ0) is 20.3. The lowest BCUT2D eigenvalue weighted by atomic mass is 9.99. The van der Waals surface area contributed by atoms with Gasteiger partial charge >= 0.3 is 0 Å². The predicted molar refractivity (Wildman–Crippen MR) is 104 cm³/mol. The predicted octanol–water partition coefficient (Wildman–Crippen LogP) is 0.462. The van der Waals surface area contributed by atoms with Crippen molar-refractivity contribution in [3.8, 4) is 17.5 Å². The van der Waals surface area contributed by atoms with Crippen LogP contribution in [-0.4, -0.2) is 55.3 Å². The average Bonchev–Trinajstić information content (AvgIpc) is 3.40. The molecule has 1 aliphatic carbocycles. The third-order valence-electron chi connectivity index (χ3n) is 5.60. The van der Waals surface area contributed by atoms with E-state index in [1.54, 1.807) is 54.5 Å². The molecule has 144 valence electrons. The van der Waals surface area contributed by atoms with Crippen LogP contribution < -0.4 is 5.73 Å². The SMILES string of the molecule is CN1C(=O)[C@@](O)(C#Cc2cccc(-n3nc(C(N)=O)c4cccnc43)c2)[C@H]2C[C@H]21. The van der Waals surface area contributed by atoms with Crippen molar-refractivity contribution in [1.29, 1.82) is 0 Å². The maximum atomic E-state index is 12.3. The number of hydrogen-bond donors (Lipinski definition) is 2. The molecule has 29 heavy (non-hydrogen) atoms. The summed E-state index contributed by atoms with van der Waals surface area (Å²) in [4.78, 5) is 29.9. The van der Waals surface area contributed by atoms with Crippen molar-refractivity contribution in [2.45, 2.75) is 18.1 Å². The number of nitrogens with zero attached hydrogens (tertiary/aromatic N) is 4. The highest BCUT2D eigenvalue weighted by Crippen LogP contribution is 2.50. The number of amides is 2. The highest BCUT2D eigenvalue weighted by molar-refractivity contribution is 6.03. The van der Waals surface area contributed by atoms with E-state index in [-0.39, 0.29) is 23.6 Å². The smallest absolute Gasteiger partial charge is 0.269 e. The summed E-state index contributed by atoms with van der Waals surface area (Å²) in [6, 6.07) is 10.7. The molecule has 3 N–H and O–H groups in total. The zero-order valence-electron chi connectivity index (χ0n) is 15.5.